The number of aryl methyl sites for hydroxylation is 3. The topological polar surface area (TPSA) is 55.6 Å². The van der Waals surface area contributed by atoms with Crippen LogP contribution < -0.4 is 5.32 Å². The van der Waals surface area contributed by atoms with E-state index in [9.17, 15) is 0 Å². The highest BCUT2D eigenvalue weighted by Crippen LogP contribution is 2.24. The molecular weight excluding hydrogens is 238 g/mol. The maximum absolute atomic E-state index is 4.67. The maximum atomic E-state index is 4.67. The first-order chi connectivity index (χ1) is 9.06. The van der Waals surface area contributed by atoms with Crippen LogP contribution in [0.2, 0.25) is 0 Å². The van der Waals surface area contributed by atoms with Crippen molar-refractivity contribution in [1.29, 1.82) is 0 Å². The van der Waals surface area contributed by atoms with Crippen molar-refractivity contribution in [1.82, 2.24) is 19.7 Å². The van der Waals surface area contributed by atoms with Gasteiger partial charge in [-0.1, -0.05) is 6.92 Å². The Balaban J connectivity index is 2.57. The Kier molecular flexibility index (Phi) is 3.83. The van der Waals surface area contributed by atoms with Gasteiger partial charge in [-0.25, -0.2) is 9.97 Å². The van der Waals surface area contributed by atoms with E-state index in [-0.39, 0.29) is 0 Å². The lowest BCUT2D eigenvalue weighted by atomic mass is 10.1. The lowest BCUT2D eigenvalue weighted by Crippen LogP contribution is -2.07. The summed E-state index contributed by atoms with van der Waals surface area (Å²) in [7, 11) is 1.91. The molecule has 2 aromatic rings. The summed E-state index contributed by atoms with van der Waals surface area (Å²) in [4.78, 5) is 9.31. The van der Waals surface area contributed by atoms with E-state index in [0.717, 1.165) is 47.1 Å². The second kappa shape index (κ2) is 5.38. The molecule has 2 heterocycles. The highest BCUT2D eigenvalue weighted by molar-refractivity contribution is 5.61. The molecule has 0 bridgehead atoms. The molecule has 102 valence electrons. The summed E-state index contributed by atoms with van der Waals surface area (Å²) in [6.07, 6.45) is 2.87. The lowest BCUT2D eigenvalue weighted by Gasteiger charge is -2.12. The van der Waals surface area contributed by atoms with Crippen LogP contribution in [-0.4, -0.2) is 26.3 Å². The highest BCUT2D eigenvalue weighted by Gasteiger charge is 2.14. The summed E-state index contributed by atoms with van der Waals surface area (Å²) >= 11 is 0. The van der Waals surface area contributed by atoms with Gasteiger partial charge in [-0.2, -0.15) is 5.10 Å². The fourth-order valence-electron chi connectivity index (χ4n) is 2.19. The summed E-state index contributed by atoms with van der Waals surface area (Å²) in [6, 6.07) is 0. The van der Waals surface area contributed by atoms with Crippen LogP contribution in [-0.2, 0) is 13.5 Å². The second-order valence-corrected chi connectivity index (χ2v) is 4.65. The van der Waals surface area contributed by atoms with E-state index in [1.54, 1.807) is 4.68 Å². The molecule has 0 amide bonds. The van der Waals surface area contributed by atoms with Gasteiger partial charge in [-0.3, -0.25) is 4.68 Å². The standard InChI is InChI=1S/C14H21N5/c1-6-12-9(3)13(15-7-2)17-14(16-12)11-8-19(5)18-10(11)4/h8H,6-7H2,1-5H3,(H,15,16,17). The largest absolute Gasteiger partial charge is 0.370 e. The third kappa shape index (κ3) is 2.59. The molecule has 5 nitrogen and oxygen atoms in total. The molecule has 0 aliphatic heterocycles. The van der Waals surface area contributed by atoms with E-state index >= 15 is 0 Å². The molecule has 0 spiro atoms. The maximum Gasteiger partial charge on any atom is 0.165 e. The van der Waals surface area contributed by atoms with Crippen molar-refractivity contribution in [2.75, 3.05) is 11.9 Å². The molecule has 0 radical (unpaired) electrons. The normalized spacial score (nSPS) is 10.8. The lowest BCUT2D eigenvalue weighted by molar-refractivity contribution is 0.756. The van der Waals surface area contributed by atoms with Crippen molar-refractivity contribution in [2.24, 2.45) is 7.05 Å². The van der Waals surface area contributed by atoms with Crippen molar-refractivity contribution in [3.05, 3.63) is 23.1 Å². The number of hydrogen-bond donors (Lipinski definition) is 1. The van der Waals surface area contributed by atoms with E-state index in [1.165, 1.54) is 0 Å². The van der Waals surface area contributed by atoms with Crippen molar-refractivity contribution in [3.63, 3.8) is 0 Å². The number of nitrogens with one attached hydrogen (secondary N) is 1. The fourth-order valence-corrected chi connectivity index (χ4v) is 2.19. The molecule has 2 aromatic heterocycles. The SMILES string of the molecule is CCNc1nc(-c2cn(C)nc2C)nc(CC)c1C. The molecule has 0 saturated heterocycles. The zero-order chi connectivity index (χ0) is 14.0. The number of anilines is 1. The quantitative estimate of drug-likeness (QED) is 0.916. The van der Waals surface area contributed by atoms with Gasteiger partial charge >= 0.3 is 0 Å². The highest BCUT2D eigenvalue weighted by atomic mass is 15.3. The van der Waals surface area contributed by atoms with E-state index in [0.29, 0.717) is 0 Å². The Hall–Kier alpha value is -1.91. The van der Waals surface area contributed by atoms with Gasteiger partial charge in [-0.15, -0.1) is 0 Å². The minimum atomic E-state index is 0.754. The summed E-state index contributed by atoms with van der Waals surface area (Å²) in [5.74, 6) is 1.68. The monoisotopic (exact) mass is 259 g/mol. The Bertz CT molecular complexity index is 586. The van der Waals surface area contributed by atoms with Gasteiger partial charge in [0.2, 0.25) is 0 Å². The first kappa shape index (κ1) is 13.5. The van der Waals surface area contributed by atoms with Gasteiger partial charge in [0, 0.05) is 31.0 Å². The van der Waals surface area contributed by atoms with E-state index < -0.39 is 0 Å². The summed E-state index contributed by atoms with van der Waals surface area (Å²) in [5.41, 5.74) is 4.17. The number of nitrogens with zero attached hydrogens (tertiary/aromatic N) is 4. The fraction of sp³-hybridized carbons (Fsp3) is 0.500. The van der Waals surface area contributed by atoms with Crippen LogP contribution in [0.3, 0.4) is 0 Å². The number of aromatic nitrogens is 4. The molecule has 19 heavy (non-hydrogen) atoms. The molecule has 0 unspecified atom stereocenters. The molecule has 1 N–H and O–H groups in total. The molecule has 0 aliphatic carbocycles. The molecule has 0 aromatic carbocycles. The van der Waals surface area contributed by atoms with E-state index in [2.05, 4.69) is 41.2 Å². The third-order valence-electron chi connectivity index (χ3n) is 3.18. The predicted molar refractivity (Wildman–Crippen MR) is 77.2 cm³/mol. The first-order valence-electron chi connectivity index (χ1n) is 6.68. The summed E-state index contributed by atoms with van der Waals surface area (Å²) < 4.78 is 1.80. The average Bonchev–Trinajstić information content (AvgIpc) is 2.71. The number of hydrogen-bond acceptors (Lipinski definition) is 4. The minimum absolute atomic E-state index is 0.754. The third-order valence-corrected chi connectivity index (χ3v) is 3.18. The Morgan fingerprint density at radius 3 is 2.47 bits per heavy atom. The van der Waals surface area contributed by atoms with Crippen molar-refractivity contribution in [2.45, 2.75) is 34.1 Å². The van der Waals surface area contributed by atoms with Crippen LogP contribution in [0.5, 0.6) is 0 Å². The molecule has 0 aliphatic rings. The van der Waals surface area contributed by atoms with Gasteiger partial charge in [0.05, 0.1) is 11.3 Å². The first-order valence-corrected chi connectivity index (χ1v) is 6.68. The van der Waals surface area contributed by atoms with E-state index in [1.807, 2.05) is 20.2 Å². The van der Waals surface area contributed by atoms with Crippen LogP contribution in [0, 0.1) is 13.8 Å². The Morgan fingerprint density at radius 1 is 1.21 bits per heavy atom. The van der Waals surface area contributed by atoms with Crippen LogP contribution >= 0.6 is 0 Å². The molecule has 0 fully saturated rings. The molecule has 0 atom stereocenters. The second-order valence-electron chi connectivity index (χ2n) is 4.65. The van der Waals surface area contributed by atoms with Gasteiger partial charge < -0.3 is 5.32 Å². The van der Waals surface area contributed by atoms with Crippen molar-refractivity contribution >= 4 is 5.82 Å². The average molecular weight is 259 g/mol. The van der Waals surface area contributed by atoms with Crippen LogP contribution in [0.15, 0.2) is 6.20 Å². The van der Waals surface area contributed by atoms with Crippen molar-refractivity contribution < 1.29 is 0 Å². The minimum Gasteiger partial charge on any atom is -0.370 e. The molecular formula is C14H21N5. The van der Waals surface area contributed by atoms with Crippen LogP contribution in [0.4, 0.5) is 5.82 Å². The zero-order valence-electron chi connectivity index (χ0n) is 12.3. The molecule has 2 rings (SSSR count). The smallest absolute Gasteiger partial charge is 0.165 e. The van der Waals surface area contributed by atoms with Crippen LogP contribution in [0.1, 0.15) is 30.8 Å². The Labute approximate surface area is 114 Å². The predicted octanol–water partition coefficient (Wildman–Crippen LogP) is 2.49. The van der Waals surface area contributed by atoms with E-state index in [4.69, 9.17) is 0 Å². The van der Waals surface area contributed by atoms with Crippen molar-refractivity contribution in [3.8, 4) is 11.4 Å². The number of rotatable bonds is 4. The summed E-state index contributed by atoms with van der Waals surface area (Å²) in [5, 5.41) is 7.67. The van der Waals surface area contributed by atoms with Crippen LogP contribution in [0.25, 0.3) is 11.4 Å². The Morgan fingerprint density at radius 2 is 1.95 bits per heavy atom. The van der Waals surface area contributed by atoms with Gasteiger partial charge in [0.15, 0.2) is 5.82 Å². The molecule has 5 heteroatoms. The molecule has 0 saturated carbocycles. The van der Waals surface area contributed by atoms with Gasteiger partial charge in [-0.05, 0) is 27.2 Å². The summed E-state index contributed by atoms with van der Waals surface area (Å²) in [6.45, 7) is 9.09. The van der Waals surface area contributed by atoms with Gasteiger partial charge in [0.1, 0.15) is 5.82 Å². The zero-order valence-corrected chi connectivity index (χ0v) is 12.3. The van der Waals surface area contributed by atoms with Gasteiger partial charge in [0.25, 0.3) is 0 Å².